The molecule has 0 bridgehead atoms. The maximum absolute atomic E-state index is 10.3. The van der Waals surface area contributed by atoms with Gasteiger partial charge in [0.1, 0.15) is 5.76 Å². The first kappa shape index (κ1) is 13.5. The Kier molecular flexibility index (Phi) is 7.10. The van der Waals surface area contributed by atoms with Gasteiger partial charge in [0.2, 0.25) is 0 Å². The minimum atomic E-state index is -1.02. The molecule has 0 aliphatic rings. The van der Waals surface area contributed by atoms with Crippen molar-refractivity contribution in [2.24, 2.45) is 0 Å². The van der Waals surface area contributed by atoms with E-state index in [0.29, 0.717) is 5.76 Å². The minimum absolute atomic E-state index is 0.381. The third kappa shape index (κ3) is 8.84. The van der Waals surface area contributed by atoms with Crippen LogP contribution in [-0.4, -0.2) is 17.7 Å². The lowest BCUT2D eigenvalue weighted by atomic mass is 10.3. The molecule has 0 rings (SSSR count). The minimum Gasteiger partial charge on any atom is -0.482 e. The van der Waals surface area contributed by atoms with Gasteiger partial charge in [-0.05, 0) is 19.1 Å². The molecule has 0 saturated heterocycles. The third-order valence-electron chi connectivity index (χ3n) is 1.20. The van der Waals surface area contributed by atoms with E-state index < -0.39 is 5.97 Å². The van der Waals surface area contributed by atoms with Crippen LogP contribution in [0.1, 0.15) is 6.92 Å². The molecule has 0 amide bonds. The molecule has 0 aliphatic carbocycles. The van der Waals surface area contributed by atoms with Gasteiger partial charge in [-0.15, -0.1) is 0 Å². The number of halogens is 1. The lowest BCUT2D eigenvalue weighted by Gasteiger charge is -2.03. The lowest BCUT2D eigenvalue weighted by molar-refractivity contribution is -0.140. The van der Waals surface area contributed by atoms with E-state index in [0.717, 1.165) is 5.57 Å². The number of hydrogen-bond acceptors (Lipinski definition) is 2. The summed E-state index contributed by atoms with van der Waals surface area (Å²) in [6.45, 7) is 5.07. The quantitative estimate of drug-likeness (QED) is 0.562. The van der Waals surface area contributed by atoms with Gasteiger partial charge in [-0.3, -0.25) is 0 Å². The summed E-state index contributed by atoms with van der Waals surface area (Å²) >= 11 is 5.31. The van der Waals surface area contributed by atoms with Gasteiger partial charge in [-0.25, -0.2) is 4.79 Å². The van der Waals surface area contributed by atoms with Gasteiger partial charge in [0.05, 0.1) is 0 Å². The number of hydrogen-bond donors (Lipinski definition) is 1. The summed E-state index contributed by atoms with van der Waals surface area (Å²) in [4.78, 5) is 10.3. The molecule has 0 fully saturated rings. The maximum Gasteiger partial charge on any atom is 0.341 e. The van der Waals surface area contributed by atoms with Crippen molar-refractivity contribution < 1.29 is 14.6 Å². The largest absolute Gasteiger partial charge is 0.482 e. The Bertz CT molecular complexity index is 314. The van der Waals surface area contributed by atoms with Gasteiger partial charge >= 0.3 is 5.97 Å². The van der Waals surface area contributed by atoms with Crippen molar-refractivity contribution in [2.75, 3.05) is 6.61 Å². The van der Waals surface area contributed by atoms with Crippen molar-refractivity contribution in [3.63, 3.8) is 0 Å². The van der Waals surface area contributed by atoms with Crippen LogP contribution in [0, 0.1) is 0 Å². The predicted octanol–water partition coefficient (Wildman–Crippen LogP) is 2.86. The first-order valence-corrected chi connectivity index (χ1v) is 4.65. The number of allylic oxidation sites excluding steroid dienone is 5. The molecule has 15 heavy (non-hydrogen) atoms. The molecule has 0 aromatic carbocycles. The van der Waals surface area contributed by atoms with E-state index >= 15 is 0 Å². The van der Waals surface area contributed by atoms with Crippen molar-refractivity contribution >= 4 is 17.6 Å². The molecule has 0 heterocycles. The zero-order valence-corrected chi connectivity index (χ0v) is 9.20. The number of carboxylic acids is 1. The van der Waals surface area contributed by atoms with E-state index in [4.69, 9.17) is 21.4 Å². The van der Waals surface area contributed by atoms with Crippen LogP contribution in [-0.2, 0) is 9.53 Å². The number of ether oxygens (including phenoxy) is 1. The number of aliphatic carboxylic acids is 1. The van der Waals surface area contributed by atoms with Gasteiger partial charge in [0, 0.05) is 5.54 Å². The average Bonchev–Trinajstić information content (AvgIpc) is 2.13. The summed E-state index contributed by atoms with van der Waals surface area (Å²) in [6, 6.07) is 0. The van der Waals surface area contributed by atoms with Crippen molar-refractivity contribution in [1.29, 1.82) is 0 Å². The normalized spacial score (nSPS) is 12.3. The summed E-state index contributed by atoms with van der Waals surface area (Å²) in [7, 11) is 0. The van der Waals surface area contributed by atoms with E-state index in [2.05, 4.69) is 6.58 Å². The summed E-state index contributed by atoms with van der Waals surface area (Å²) in [5.41, 5.74) is 2.11. The molecule has 1 N–H and O–H groups in total. The standard InChI is InChI=1S/C11H13ClO3/c1-9(2)7-10(5-3-4-6-12)15-8-11(13)14/h3-7H,1,8H2,2H3,(H,13,14)/b5-3-,6-4+,10-7?. The van der Waals surface area contributed by atoms with Crippen molar-refractivity contribution in [2.45, 2.75) is 6.92 Å². The maximum atomic E-state index is 10.3. The summed E-state index contributed by atoms with van der Waals surface area (Å²) in [5, 5.41) is 8.43. The van der Waals surface area contributed by atoms with E-state index in [1.807, 2.05) is 0 Å². The second-order valence-electron chi connectivity index (χ2n) is 2.75. The lowest BCUT2D eigenvalue weighted by Crippen LogP contribution is -2.05. The van der Waals surface area contributed by atoms with Crippen LogP contribution < -0.4 is 0 Å². The first-order chi connectivity index (χ1) is 7.06. The zero-order valence-electron chi connectivity index (χ0n) is 8.44. The SMILES string of the molecule is C=C(C)C=C(/C=C\C=C\Cl)OCC(=O)O. The van der Waals surface area contributed by atoms with Gasteiger partial charge in [0.25, 0.3) is 0 Å². The van der Waals surface area contributed by atoms with Crippen LogP contribution in [0.15, 0.2) is 47.8 Å². The van der Waals surface area contributed by atoms with Crippen LogP contribution >= 0.6 is 11.6 Å². The van der Waals surface area contributed by atoms with E-state index in [-0.39, 0.29) is 6.61 Å². The van der Waals surface area contributed by atoms with Crippen LogP contribution in [0.3, 0.4) is 0 Å². The topological polar surface area (TPSA) is 46.5 Å². The van der Waals surface area contributed by atoms with Crippen LogP contribution in [0.25, 0.3) is 0 Å². The molecule has 0 spiro atoms. The molecule has 0 saturated carbocycles. The molecular weight excluding hydrogens is 216 g/mol. The highest BCUT2D eigenvalue weighted by molar-refractivity contribution is 6.25. The highest BCUT2D eigenvalue weighted by atomic mass is 35.5. The summed E-state index contributed by atoms with van der Waals surface area (Å²) < 4.78 is 5.00. The number of carboxylic acid groups (broad SMARTS) is 1. The highest BCUT2D eigenvalue weighted by Gasteiger charge is 1.98. The van der Waals surface area contributed by atoms with E-state index in [9.17, 15) is 4.79 Å². The molecule has 0 aliphatic heterocycles. The molecule has 4 heteroatoms. The molecular formula is C11H13ClO3. The van der Waals surface area contributed by atoms with Crippen molar-refractivity contribution in [1.82, 2.24) is 0 Å². The van der Waals surface area contributed by atoms with Crippen LogP contribution in [0.5, 0.6) is 0 Å². The zero-order chi connectivity index (χ0) is 11.7. The Morgan fingerprint density at radius 1 is 1.53 bits per heavy atom. The molecule has 0 radical (unpaired) electrons. The Morgan fingerprint density at radius 3 is 2.67 bits per heavy atom. The van der Waals surface area contributed by atoms with E-state index in [1.165, 1.54) is 5.54 Å². The molecule has 0 unspecified atom stereocenters. The van der Waals surface area contributed by atoms with Crippen LogP contribution in [0.4, 0.5) is 0 Å². The Labute approximate surface area is 94.0 Å². The van der Waals surface area contributed by atoms with Crippen molar-refractivity contribution in [3.05, 3.63) is 47.8 Å². The second-order valence-corrected chi connectivity index (χ2v) is 3.01. The molecule has 0 atom stereocenters. The third-order valence-corrected chi connectivity index (χ3v) is 1.34. The van der Waals surface area contributed by atoms with Gasteiger partial charge in [-0.1, -0.05) is 35.9 Å². The van der Waals surface area contributed by atoms with Gasteiger partial charge < -0.3 is 9.84 Å². The van der Waals surface area contributed by atoms with Crippen molar-refractivity contribution in [3.8, 4) is 0 Å². The fourth-order valence-electron chi connectivity index (χ4n) is 0.718. The molecule has 0 aromatic rings. The monoisotopic (exact) mass is 228 g/mol. The first-order valence-electron chi connectivity index (χ1n) is 4.21. The van der Waals surface area contributed by atoms with Gasteiger partial charge in [0.15, 0.2) is 6.61 Å². The second kappa shape index (κ2) is 7.88. The summed E-state index contributed by atoms with van der Waals surface area (Å²) in [6.07, 6.45) is 6.49. The smallest absolute Gasteiger partial charge is 0.341 e. The molecule has 0 aromatic heterocycles. The Morgan fingerprint density at radius 2 is 2.20 bits per heavy atom. The molecule has 82 valence electrons. The number of rotatable bonds is 6. The summed E-state index contributed by atoms with van der Waals surface area (Å²) in [5.74, 6) is -0.594. The van der Waals surface area contributed by atoms with Crippen LogP contribution in [0.2, 0.25) is 0 Å². The predicted molar refractivity (Wildman–Crippen MR) is 60.6 cm³/mol. The fourth-order valence-corrected chi connectivity index (χ4v) is 0.802. The molecule has 3 nitrogen and oxygen atoms in total. The Hall–Kier alpha value is -1.48. The van der Waals surface area contributed by atoms with Gasteiger partial charge in [-0.2, -0.15) is 0 Å². The average molecular weight is 229 g/mol. The highest BCUT2D eigenvalue weighted by Crippen LogP contribution is 2.04. The number of carbonyl (C=O) groups is 1. The van der Waals surface area contributed by atoms with E-state index in [1.54, 1.807) is 31.2 Å². The fraction of sp³-hybridized carbons (Fsp3) is 0.182. The Balaban J connectivity index is 4.45.